The van der Waals surface area contributed by atoms with Crippen molar-refractivity contribution in [2.45, 2.75) is 39.2 Å². The van der Waals surface area contributed by atoms with Crippen LogP contribution in [0.2, 0.25) is 10.0 Å². The molecule has 1 fully saturated rings. The van der Waals surface area contributed by atoms with Crippen molar-refractivity contribution < 1.29 is 0 Å². The lowest BCUT2D eigenvalue weighted by Crippen LogP contribution is -2.37. The Labute approximate surface area is 125 Å². The smallest absolute Gasteiger partial charge is 0.0503 e. The molecule has 1 aliphatic rings. The Kier molecular flexibility index (Phi) is 5.13. The van der Waals surface area contributed by atoms with Crippen molar-refractivity contribution >= 4 is 23.2 Å². The zero-order chi connectivity index (χ0) is 14.0. The molecule has 19 heavy (non-hydrogen) atoms. The van der Waals surface area contributed by atoms with Crippen LogP contribution in [0.5, 0.6) is 0 Å². The monoisotopic (exact) mass is 300 g/mol. The van der Waals surface area contributed by atoms with E-state index in [0.29, 0.717) is 16.0 Å². The minimum atomic E-state index is 0.111. The van der Waals surface area contributed by atoms with Crippen LogP contribution in [0, 0.1) is 17.8 Å². The molecule has 0 radical (unpaired) electrons. The molecule has 0 spiro atoms. The van der Waals surface area contributed by atoms with Crippen LogP contribution < -0.4 is 11.3 Å². The van der Waals surface area contributed by atoms with Gasteiger partial charge in [-0.2, -0.15) is 0 Å². The minimum absolute atomic E-state index is 0.111. The molecule has 4 atom stereocenters. The van der Waals surface area contributed by atoms with Gasteiger partial charge in [0.25, 0.3) is 0 Å². The van der Waals surface area contributed by atoms with Crippen molar-refractivity contribution in [3.8, 4) is 0 Å². The molecular formula is C15H22Cl2N2. The molecule has 0 heterocycles. The third kappa shape index (κ3) is 3.43. The maximum Gasteiger partial charge on any atom is 0.0503 e. The van der Waals surface area contributed by atoms with Gasteiger partial charge in [-0.1, -0.05) is 49.5 Å². The Morgan fingerprint density at radius 1 is 1.21 bits per heavy atom. The summed E-state index contributed by atoms with van der Waals surface area (Å²) in [5.41, 5.74) is 4.01. The molecule has 4 unspecified atom stereocenters. The first kappa shape index (κ1) is 15.1. The molecule has 1 aliphatic carbocycles. The molecule has 1 aromatic rings. The second-order valence-corrected chi connectivity index (χ2v) is 6.68. The van der Waals surface area contributed by atoms with Crippen molar-refractivity contribution in [3.05, 3.63) is 33.8 Å². The summed E-state index contributed by atoms with van der Waals surface area (Å²) in [5, 5.41) is 1.36. The Morgan fingerprint density at radius 3 is 2.53 bits per heavy atom. The van der Waals surface area contributed by atoms with Crippen molar-refractivity contribution in [1.82, 2.24) is 5.43 Å². The van der Waals surface area contributed by atoms with Gasteiger partial charge in [0, 0.05) is 10.0 Å². The Balaban J connectivity index is 2.20. The van der Waals surface area contributed by atoms with Gasteiger partial charge in [-0.25, -0.2) is 0 Å². The SMILES string of the molecule is CC1CCC(C(NN)c2ccc(Cl)cc2Cl)CC1C. The second kappa shape index (κ2) is 6.45. The van der Waals surface area contributed by atoms with E-state index in [2.05, 4.69) is 19.3 Å². The van der Waals surface area contributed by atoms with E-state index >= 15 is 0 Å². The first-order valence-corrected chi connectivity index (χ1v) is 7.69. The molecule has 4 heteroatoms. The van der Waals surface area contributed by atoms with Gasteiger partial charge in [-0.05, 0) is 48.3 Å². The number of halogens is 2. The predicted molar refractivity (Wildman–Crippen MR) is 82.2 cm³/mol. The molecule has 0 amide bonds. The predicted octanol–water partition coefficient (Wildman–Crippen LogP) is 4.57. The molecule has 0 saturated heterocycles. The van der Waals surface area contributed by atoms with Crippen molar-refractivity contribution in [1.29, 1.82) is 0 Å². The van der Waals surface area contributed by atoms with Gasteiger partial charge < -0.3 is 0 Å². The lowest BCUT2D eigenvalue weighted by molar-refractivity contribution is 0.171. The topological polar surface area (TPSA) is 38.0 Å². The minimum Gasteiger partial charge on any atom is -0.271 e. The third-order valence-corrected chi connectivity index (χ3v) is 5.15. The fourth-order valence-electron chi connectivity index (χ4n) is 3.13. The van der Waals surface area contributed by atoms with Crippen molar-refractivity contribution in [2.75, 3.05) is 0 Å². The van der Waals surface area contributed by atoms with Gasteiger partial charge in [0.2, 0.25) is 0 Å². The molecule has 2 nitrogen and oxygen atoms in total. The van der Waals surface area contributed by atoms with Gasteiger partial charge in [-0.3, -0.25) is 11.3 Å². The highest BCUT2D eigenvalue weighted by atomic mass is 35.5. The highest BCUT2D eigenvalue weighted by Gasteiger charge is 2.31. The molecule has 1 saturated carbocycles. The molecule has 3 N–H and O–H groups in total. The van der Waals surface area contributed by atoms with E-state index in [1.165, 1.54) is 19.3 Å². The van der Waals surface area contributed by atoms with E-state index in [0.717, 1.165) is 17.4 Å². The maximum atomic E-state index is 6.31. The van der Waals surface area contributed by atoms with Crippen molar-refractivity contribution in [2.24, 2.45) is 23.6 Å². The van der Waals surface area contributed by atoms with Gasteiger partial charge in [-0.15, -0.1) is 0 Å². The summed E-state index contributed by atoms with van der Waals surface area (Å²) >= 11 is 12.3. The second-order valence-electron chi connectivity index (χ2n) is 5.84. The first-order chi connectivity index (χ1) is 9.02. The van der Waals surface area contributed by atoms with E-state index in [4.69, 9.17) is 29.0 Å². The van der Waals surface area contributed by atoms with Gasteiger partial charge in [0.1, 0.15) is 0 Å². The number of nitrogens with two attached hydrogens (primary N) is 1. The summed E-state index contributed by atoms with van der Waals surface area (Å²) in [6, 6.07) is 5.76. The van der Waals surface area contributed by atoms with E-state index in [1.54, 1.807) is 6.07 Å². The molecular weight excluding hydrogens is 279 g/mol. The first-order valence-electron chi connectivity index (χ1n) is 6.94. The van der Waals surface area contributed by atoms with Crippen LogP contribution in [0.25, 0.3) is 0 Å². The molecule has 2 rings (SSSR count). The quantitative estimate of drug-likeness (QED) is 0.634. The van der Waals surface area contributed by atoms with Crippen LogP contribution >= 0.6 is 23.2 Å². The molecule has 0 aliphatic heterocycles. The van der Waals surface area contributed by atoms with E-state index in [9.17, 15) is 0 Å². The lowest BCUT2D eigenvalue weighted by Gasteiger charge is -2.37. The number of hydrogen-bond donors (Lipinski definition) is 2. The molecule has 0 aromatic heterocycles. The third-order valence-electron chi connectivity index (χ3n) is 4.59. The van der Waals surface area contributed by atoms with Gasteiger partial charge >= 0.3 is 0 Å². The molecule has 1 aromatic carbocycles. The Morgan fingerprint density at radius 2 is 1.95 bits per heavy atom. The summed E-state index contributed by atoms with van der Waals surface area (Å²) in [5.74, 6) is 7.86. The number of hydrogen-bond acceptors (Lipinski definition) is 2. The highest BCUT2D eigenvalue weighted by Crippen LogP contribution is 2.41. The van der Waals surface area contributed by atoms with Crippen LogP contribution in [0.4, 0.5) is 0 Å². The largest absolute Gasteiger partial charge is 0.271 e. The van der Waals surface area contributed by atoms with Crippen LogP contribution in [0.3, 0.4) is 0 Å². The van der Waals surface area contributed by atoms with Gasteiger partial charge in [0.05, 0.1) is 6.04 Å². The lowest BCUT2D eigenvalue weighted by atomic mass is 9.72. The molecule has 0 bridgehead atoms. The normalized spacial score (nSPS) is 29.2. The standard InChI is InChI=1S/C15H22Cl2N2/c1-9-3-4-11(7-10(9)2)15(19-18)13-6-5-12(16)8-14(13)17/h5-6,8-11,15,19H,3-4,7,18H2,1-2H3. The average molecular weight is 301 g/mol. The number of rotatable bonds is 3. The summed E-state index contributed by atoms with van der Waals surface area (Å²) in [4.78, 5) is 0. The summed E-state index contributed by atoms with van der Waals surface area (Å²) < 4.78 is 0. The van der Waals surface area contributed by atoms with Crippen LogP contribution in [-0.2, 0) is 0 Å². The summed E-state index contributed by atoms with van der Waals surface area (Å²) in [6.07, 6.45) is 3.64. The summed E-state index contributed by atoms with van der Waals surface area (Å²) in [7, 11) is 0. The van der Waals surface area contributed by atoms with E-state index < -0.39 is 0 Å². The number of benzene rings is 1. The fraction of sp³-hybridized carbons (Fsp3) is 0.600. The maximum absolute atomic E-state index is 6.31. The Hall–Kier alpha value is -0.280. The Bertz CT molecular complexity index is 436. The fourth-order valence-corrected chi connectivity index (χ4v) is 3.65. The van der Waals surface area contributed by atoms with Crippen LogP contribution in [-0.4, -0.2) is 0 Å². The number of nitrogens with one attached hydrogen (secondary N) is 1. The summed E-state index contributed by atoms with van der Waals surface area (Å²) in [6.45, 7) is 4.66. The van der Waals surface area contributed by atoms with E-state index in [-0.39, 0.29) is 6.04 Å². The highest BCUT2D eigenvalue weighted by molar-refractivity contribution is 6.35. The number of hydrazine groups is 1. The zero-order valence-electron chi connectivity index (χ0n) is 11.5. The van der Waals surface area contributed by atoms with Crippen molar-refractivity contribution in [3.63, 3.8) is 0 Å². The van der Waals surface area contributed by atoms with Crippen LogP contribution in [0.15, 0.2) is 18.2 Å². The zero-order valence-corrected chi connectivity index (χ0v) is 13.0. The molecule has 106 valence electrons. The van der Waals surface area contributed by atoms with Gasteiger partial charge in [0.15, 0.2) is 0 Å². The average Bonchev–Trinajstić information content (AvgIpc) is 2.37. The van der Waals surface area contributed by atoms with Crippen LogP contribution in [0.1, 0.15) is 44.7 Å². The van der Waals surface area contributed by atoms with E-state index in [1.807, 2.05) is 12.1 Å².